The van der Waals surface area contributed by atoms with Crippen molar-refractivity contribution in [2.45, 2.75) is 6.92 Å². The molecule has 7 nitrogen and oxygen atoms in total. The maximum Gasteiger partial charge on any atom is 0.413 e. The van der Waals surface area contributed by atoms with E-state index >= 15 is 0 Å². The van der Waals surface area contributed by atoms with E-state index in [9.17, 15) is 9.59 Å². The van der Waals surface area contributed by atoms with E-state index in [1.54, 1.807) is 31.2 Å². The van der Waals surface area contributed by atoms with Gasteiger partial charge in [0.2, 0.25) is 5.91 Å². The van der Waals surface area contributed by atoms with Crippen LogP contribution in [0.1, 0.15) is 6.92 Å². The minimum absolute atomic E-state index is 0.0321. The van der Waals surface area contributed by atoms with Crippen molar-refractivity contribution in [3.63, 3.8) is 0 Å². The van der Waals surface area contributed by atoms with Crippen LogP contribution in [0.3, 0.4) is 0 Å². The average molecular weight is 311 g/mol. The van der Waals surface area contributed by atoms with Crippen LogP contribution in [0.15, 0.2) is 24.3 Å². The molecule has 0 aliphatic rings. The first-order valence-corrected chi connectivity index (χ1v) is 6.60. The van der Waals surface area contributed by atoms with Gasteiger partial charge in [-0.15, -0.1) is 0 Å². The van der Waals surface area contributed by atoms with Gasteiger partial charge in [-0.2, -0.15) is 0 Å². The molecule has 0 saturated heterocycles. The summed E-state index contributed by atoms with van der Waals surface area (Å²) in [6, 6.07) is 6.94. The highest BCUT2D eigenvalue weighted by atomic mass is 32.1. The Balaban J connectivity index is 2.68. The third kappa shape index (κ3) is 6.19. The highest BCUT2D eigenvalue weighted by Crippen LogP contribution is 2.20. The van der Waals surface area contributed by atoms with E-state index in [1.807, 2.05) is 0 Å². The van der Waals surface area contributed by atoms with Crippen LogP contribution in [0.2, 0.25) is 0 Å². The number of nitrogens with one attached hydrogen (secondary N) is 3. The fourth-order valence-electron chi connectivity index (χ4n) is 1.38. The van der Waals surface area contributed by atoms with Gasteiger partial charge in [-0.1, -0.05) is 12.1 Å². The number of rotatable bonds is 5. The molecule has 8 heteroatoms. The van der Waals surface area contributed by atoms with Gasteiger partial charge >= 0.3 is 6.09 Å². The number of amides is 2. The van der Waals surface area contributed by atoms with E-state index in [0.29, 0.717) is 18.0 Å². The molecule has 0 radical (unpaired) electrons. The second-order valence-corrected chi connectivity index (χ2v) is 4.21. The quantitative estimate of drug-likeness (QED) is 0.718. The summed E-state index contributed by atoms with van der Waals surface area (Å²) >= 11 is 4.96. The van der Waals surface area contributed by atoms with E-state index in [0.717, 1.165) is 0 Å². The first-order valence-electron chi connectivity index (χ1n) is 6.19. The molecular weight excluding hydrogens is 294 g/mol. The average Bonchev–Trinajstić information content (AvgIpc) is 2.46. The van der Waals surface area contributed by atoms with Gasteiger partial charge in [-0.3, -0.25) is 10.1 Å². The summed E-state index contributed by atoms with van der Waals surface area (Å²) in [6.07, 6.45) is -0.676. The number of alkyl carbamates (subject to hydrolysis) is 1. The third-order valence-corrected chi connectivity index (χ3v) is 2.49. The molecule has 1 rings (SSSR count). The SMILES string of the molecule is CCOCC(=O)Nc1ccccc1NC(=S)NC(=O)OC. The van der Waals surface area contributed by atoms with Gasteiger partial charge in [0.15, 0.2) is 5.11 Å². The van der Waals surface area contributed by atoms with Gasteiger partial charge in [-0.05, 0) is 31.3 Å². The lowest BCUT2D eigenvalue weighted by molar-refractivity contribution is -0.120. The van der Waals surface area contributed by atoms with Crippen molar-refractivity contribution in [1.82, 2.24) is 5.32 Å². The Hall–Kier alpha value is -2.19. The molecule has 0 unspecified atom stereocenters. The van der Waals surface area contributed by atoms with Crippen molar-refractivity contribution in [3.8, 4) is 0 Å². The van der Waals surface area contributed by atoms with Crippen LogP contribution in [-0.4, -0.2) is 37.4 Å². The Morgan fingerprint density at radius 2 is 1.81 bits per heavy atom. The van der Waals surface area contributed by atoms with Crippen LogP contribution in [-0.2, 0) is 14.3 Å². The van der Waals surface area contributed by atoms with Gasteiger partial charge < -0.3 is 20.1 Å². The van der Waals surface area contributed by atoms with Crippen LogP contribution < -0.4 is 16.0 Å². The van der Waals surface area contributed by atoms with E-state index in [1.165, 1.54) is 7.11 Å². The predicted molar refractivity (Wildman–Crippen MR) is 83.3 cm³/mol. The van der Waals surface area contributed by atoms with Crippen molar-refractivity contribution >= 4 is 40.7 Å². The number of carbonyl (C=O) groups is 2. The molecule has 21 heavy (non-hydrogen) atoms. The molecule has 0 aromatic heterocycles. The topological polar surface area (TPSA) is 88.7 Å². The molecule has 0 fully saturated rings. The summed E-state index contributed by atoms with van der Waals surface area (Å²) in [4.78, 5) is 22.7. The number of thiocarbonyl (C=S) groups is 1. The number of hydrogen-bond donors (Lipinski definition) is 3. The zero-order chi connectivity index (χ0) is 15.7. The number of benzene rings is 1. The molecule has 0 bridgehead atoms. The van der Waals surface area contributed by atoms with Gasteiger partial charge in [0, 0.05) is 6.61 Å². The van der Waals surface area contributed by atoms with Crippen molar-refractivity contribution in [2.24, 2.45) is 0 Å². The van der Waals surface area contributed by atoms with E-state index in [2.05, 4.69) is 20.7 Å². The normalized spacial score (nSPS) is 9.62. The summed E-state index contributed by atoms with van der Waals surface area (Å²) in [5.41, 5.74) is 1.07. The lowest BCUT2D eigenvalue weighted by Gasteiger charge is -2.13. The number of carbonyl (C=O) groups excluding carboxylic acids is 2. The standard InChI is InChI=1S/C13H17N3O4S/c1-3-20-8-11(17)14-9-6-4-5-7-10(9)15-12(21)16-13(18)19-2/h4-7H,3,8H2,1-2H3,(H,14,17)(H2,15,16,18,21). The smallest absolute Gasteiger partial charge is 0.413 e. The van der Waals surface area contributed by atoms with E-state index < -0.39 is 6.09 Å². The molecule has 0 aliphatic carbocycles. The second-order valence-electron chi connectivity index (χ2n) is 3.80. The van der Waals surface area contributed by atoms with Crippen molar-refractivity contribution in [3.05, 3.63) is 24.3 Å². The molecule has 1 aromatic carbocycles. The summed E-state index contributed by atoms with van der Waals surface area (Å²) < 4.78 is 9.46. The summed E-state index contributed by atoms with van der Waals surface area (Å²) in [5, 5.41) is 7.87. The first kappa shape index (κ1) is 16.9. The first-order chi connectivity index (χ1) is 10.1. The minimum atomic E-state index is -0.676. The molecular formula is C13H17N3O4S. The highest BCUT2D eigenvalue weighted by molar-refractivity contribution is 7.80. The van der Waals surface area contributed by atoms with Gasteiger partial charge in [0.05, 0.1) is 18.5 Å². The minimum Gasteiger partial charge on any atom is -0.453 e. The van der Waals surface area contributed by atoms with Crippen LogP contribution in [0.5, 0.6) is 0 Å². The number of hydrogen-bond acceptors (Lipinski definition) is 5. The summed E-state index contributed by atoms with van der Waals surface area (Å²) in [6.45, 7) is 2.23. The molecule has 0 aliphatic heterocycles. The Morgan fingerprint density at radius 1 is 1.19 bits per heavy atom. The molecule has 0 heterocycles. The third-order valence-electron chi connectivity index (χ3n) is 2.29. The lowest BCUT2D eigenvalue weighted by Crippen LogP contribution is -2.34. The molecule has 0 spiro atoms. The molecule has 2 amide bonds. The van der Waals surface area contributed by atoms with Crippen molar-refractivity contribution in [1.29, 1.82) is 0 Å². The zero-order valence-electron chi connectivity index (χ0n) is 11.8. The maximum absolute atomic E-state index is 11.6. The number of anilines is 2. The number of ether oxygens (including phenoxy) is 2. The number of methoxy groups -OCH3 is 1. The van der Waals surface area contributed by atoms with E-state index in [-0.39, 0.29) is 17.6 Å². The van der Waals surface area contributed by atoms with Crippen molar-refractivity contribution in [2.75, 3.05) is 31.0 Å². The summed E-state index contributed by atoms with van der Waals surface area (Å²) in [5.74, 6) is -0.280. The van der Waals surface area contributed by atoms with Gasteiger partial charge in [0.25, 0.3) is 0 Å². The highest BCUT2D eigenvalue weighted by Gasteiger charge is 2.09. The molecule has 0 saturated carbocycles. The fraction of sp³-hybridized carbons (Fsp3) is 0.308. The predicted octanol–water partition coefficient (Wildman–Crippen LogP) is 1.71. The Bertz CT molecular complexity index is 522. The number of para-hydroxylation sites is 2. The van der Waals surface area contributed by atoms with Crippen molar-refractivity contribution < 1.29 is 19.1 Å². The molecule has 0 atom stereocenters. The van der Waals surface area contributed by atoms with E-state index in [4.69, 9.17) is 17.0 Å². The lowest BCUT2D eigenvalue weighted by atomic mass is 10.2. The van der Waals surface area contributed by atoms with Gasteiger partial charge in [0.1, 0.15) is 6.61 Å². The summed E-state index contributed by atoms with van der Waals surface area (Å²) in [7, 11) is 1.24. The Labute approximate surface area is 128 Å². The molecule has 3 N–H and O–H groups in total. The molecule has 1 aromatic rings. The maximum atomic E-state index is 11.6. The molecule has 114 valence electrons. The van der Waals surface area contributed by atoms with Crippen LogP contribution in [0.25, 0.3) is 0 Å². The van der Waals surface area contributed by atoms with Crippen LogP contribution in [0.4, 0.5) is 16.2 Å². The second kappa shape index (κ2) is 8.88. The van der Waals surface area contributed by atoms with Crippen LogP contribution >= 0.6 is 12.2 Å². The Morgan fingerprint density at radius 3 is 2.38 bits per heavy atom. The van der Waals surface area contributed by atoms with Gasteiger partial charge in [-0.25, -0.2) is 4.79 Å². The largest absolute Gasteiger partial charge is 0.453 e. The Kier molecular flexibility index (Phi) is 7.13. The monoisotopic (exact) mass is 311 g/mol. The fourth-order valence-corrected chi connectivity index (χ4v) is 1.57. The van der Waals surface area contributed by atoms with Crippen LogP contribution in [0, 0.1) is 0 Å². The zero-order valence-corrected chi connectivity index (χ0v) is 12.6.